The first-order chi connectivity index (χ1) is 9.20. The van der Waals surface area contributed by atoms with Crippen LogP contribution in [0.2, 0.25) is 0 Å². The first kappa shape index (κ1) is 13.1. The normalized spacial score (nSPS) is 18.7. The fraction of sp³-hybridized carbons (Fsp3) is 0.286. The van der Waals surface area contributed by atoms with Crippen LogP contribution < -0.4 is 10.2 Å². The number of amides is 2. The molecule has 1 N–H and O–H groups in total. The van der Waals surface area contributed by atoms with Crippen LogP contribution in [0, 0.1) is 0 Å². The van der Waals surface area contributed by atoms with E-state index in [-0.39, 0.29) is 18.1 Å². The van der Waals surface area contributed by atoms with E-state index in [0.29, 0.717) is 13.1 Å². The molecular weight excluding hydrogens is 244 g/mol. The minimum Gasteiger partial charge on any atom is -0.442 e. The van der Waals surface area contributed by atoms with Crippen LogP contribution in [0.3, 0.4) is 0 Å². The van der Waals surface area contributed by atoms with E-state index in [1.807, 2.05) is 30.3 Å². The molecule has 5 heteroatoms. The highest BCUT2D eigenvalue weighted by molar-refractivity contribution is 5.90. The number of allylic oxidation sites excluding steroid dienone is 1. The molecule has 0 spiro atoms. The van der Waals surface area contributed by atoms with Crippen molar-refractivity contribution in [2.45, 2.75) is 13.0 Å². The van der Waals surface area contributed by atoms with Gasteiger partial charge in [0.15, 0.2) is 0 Å². The highest BCUT2D eigenvalue weighted by Gasteiger charge is 2.32. The Morgan fingerprint density at radius 2 is 2.21 bits per heavy atom. The quantitative estimate of drug-likeness (QED) is 0.838. The summed E-state index contributed by atoms with van der Waals surface area (Å²) in [5, 5.41) is 2.69. The van der Waals surface area contributed by atoms with Gasteiger partial charge in [0.25, 0.3) is 0 Å². The second kappa shape index (κ2) is 6.04. The number of ether oxygens (including phenoxy) is 1. The second-order valence-corrected chi connectivity index (χ2v) is 4.20. The summed E-state index contributed by atoms with van der Waals surface area (Å²) >= 11 is 0. The number of hydrogen-bond acceptors (Lipinski definition) is 3. The average Bonchev–Trinajstić information content (AvgIpc) is 2.79. The third-order valence-corrected chi connectivity index (χ3v) is 2.76. The van der Waals surface area contributed by atoms with Crippen LogP contribution in [0.4, 0.5) is 10.5 Å². The van der Waals surface area contributed by atoms with Crippen LogP contribution in [0.25, 0.3) is 0 Å². The zero-order valence-corrected chi connectivity index (χ0v) is 10.7. The largest absolute Gasteiger partial charge is 0.442 e. The molecule has 100 valence electrons. The van der Waals surface area contributed by atoms with Crippen molar-refractivity contribution in [3.05, 3.63) is 42.5 Å². The van der Waals surface area contributed by atoms with Gasteiger partial charge in [-0.3, -0.25) is 9.69 Å². The van der Waals surface area contributed by atoms with E-state index >= 15 is 0 Å². The molecule has 1 aromatic carbocycles. The standard InChI is InChI=1S/C14H16N2O3/c1-2-6-13(17)15-9-12-10-16(14(18)19-12)11-7-4-3-5-8-11/h2-8,12H,9-10H2,1H3,(H,15,17)/b6-2-. The van der Waals surface area contributed by atoms with Crippen molar-refractivity contribution in [3.8, 4) is 0 Å². The van der Waals surface area contributed by atoms with Crippen molar-refractivity contribution in [2.75, 3.05) is 18.0 Å². The van der Waals surface area contributed by atoms with Crippen LogP contribution in [0.1, 0.15) is 6.92 Å². The third kappa shape index (κ3) is 3.34. The van der Waals surface area contributed by atoms with Crippen molar-refractivity contribution >= 4 is 17.7 Å². The minimum atomic E-state index is -0.378. The average molecular weight is 260 g/mol. The molecule has 1 atom stereocenters. The smallest absolute Gasteiger partial charge is 0.414 e. The van der Waals surface area contributed by atoms with Crippen molar-refractivity contribution in [3.63, 3.8) is 0 Å². The maximum absolute atomic E-state index is 11.7. The molecule has 0 aliphatic carbocycles. The number of nitrogens with zero attached hydrogens (tertiary/aromatic N) is 1. The predicted octanol–water partition coefficient (Wildman–Crippen LogP) is 1.70. The molecule has 0 radical (unpaired) electrons. The van der Waals surface area contributed by atoms with E-state index in [4.69, 9.17) is 4.74 Å². The van der Waals surface area contributed by atoms with E-state index in [1.54, 1.807) is 17.9 Å². The predicted molar refractivity (Wildman–Crippen MR) is 71.9 cm³/mol. The van der Waals surface area contributed by atoms with Crippen molar-refractivity contribution < 1.29 is 14.3 Å². The maximum Gasteiger partial charge on any atom is 0.414 e. The number of benzene rings is 1. The van der Waals surface area contributed by atoms with Gasteiger partial charge in [-0.25, -0.2) is 4.79 Å². The van der Waals surface area contributed by atoms with Gasteiger partial charge in [0, 0.05) is 5.69 Å². The van der Waals surface area contributed by atoms with Gasteiger partial charge < -0.3 is 10.1 Å². The van der Waals surface area contributed by atoms with Crippen molar-refractivity contribution in [2.24, 2.45) is 0 Å². The summed E-state index contributed by atoms with van der Waals surface area (Å²) in [5.74, 6) is -0.184. The minimum absolute atomic E-state index is 0.184. The first-order valence-corrected chi connectivity index (χ1v) is 6.14. The van der Waals surface area contributed by atoms with Gasteiger partial charge in [-0.1, -0.05) is 24.3 Å². The number of carbonyl (C=O) groups excluding carboxylic acids is 2. The molecule has 0 saturated carbocycles. The molecule has 2 rings (SSSR count). The zero-order chi connectivity index (χ0) is 13.7. The van der Waals surface area contributed by atoms with Crippen LogP contribution in [0.5, 0.6) is 0 Å². The monoisotopic (exact) mass is 260 g/mol. The second-order valence-electron chi connectivity index (χ2n) is 4.20. The molecule has 1 aliphatic heterocycles. The zero-order valence-electron chi connectivity index (χ0n) is 10.7. The van der Waals surface area contributed by atoms with Crippen LogP contribution in [-0.4, -0.2) is 31.2 Å². The highest BCUT2D eigenvalue weighted by atomic mass is 16.6. The molecular formula is C14H16N2O3. The number of nitrogens with one attached hydrogen (secondary N) is 1. The van der Waals surface area contributed by atoms with Gasteiger partial charge in [0.05, 0.1) is 13.1 Å². The van der Waals surface area contributed by atoms with Crippen LogP contribution >= 0.6 is 0 Å². The lowest BCUT2D eigenvalue weighted by Crippen LogP contribution is -2.33. The molecule has 1 saturated heterocycles. The highest BCUT2D eigenvalue weighted by Crippen LogP contribution is 2.20. The number of para-hydroxylation sites is 1. The Hall–Kier alpha value is -2.30. The van der Waals surface area contributed by atoms with Gasteiger partial charge in [-0.2, -0.15) is 0 Å². The fourth-order valence-corrected chi connectivity index (χ4v) is 1.87. The molecule has 1 heterocycles. The Bertz CT molecular complexity index is 485. The summed E-state index contributed by atoms with van der Waals surface area (Å²) in [6.45, 7) is 2.53. The maximum atomic E-state index is 11.7. The fourth-order valence-electron chi connectivity index (χ4n) is 1.87. The third-order valence-electron chi connectivity index (χ3n) is 2.76. The number of carbonyl (C=O) groups is 2. The number of anilines is 1. The van der Waals surface area contributed by atoms with Crippen LogP contribution in [-0.2, 0) is 9.53 Å². The molecule has 2 amide bonds. The SMILES string of the molecule is C/C=C\C(=O)NCC1CN(c2ccccc2)C(=O)O1. The van der Waals surface area contributed by atoms with E-state index in [2.05, 4.69) is 5.32 Å². The lowest BCUT2D eigenvalue weighted by Gasteiger charge is -2.12. The molecule has 0 bridgehead atoms. The van der Waals surface area contributed by atoms with E-state index in [9.17, 15) is 9.59 Å². The molecule has 1 aliphatic rings. The Kier molecular flexibility index (Phi) is 4.18. The van der Waals surface area contributed by atoms with Crippen molar-refractivity contribution in [1.29, 1.82) is 0 Å². The molecule has 1 aromatic rings. The van der Waals surface area contributed by atoms with Gasteiger partial charge >= 0.3 is 6.09 Å². The van der Waals surface area contributed by atoms with Gasteiger partial charge in [-0.05, 0) is 25.1 Å². The molecule has 5 nitrogen and oxygen atoms in total. The number of cyclic esters (lactones) is 1. The molecule has 1 unspecified atom stereocenters. The summed E-state index contributed by atoms with van der Waals surface area (Å²) in [5.41, 5.74) is 0.801. The summed E-state index contributed by atoms with van der Waals surface area (Å²) in [7, 11) is 0. The molecule has 19 heavy (non-hydrogen) atoms. The van der Waals surface area contributed by atoms with Crippen LogP contribution in [0.15, 0.2) is 42.5 Å². The molecule has 0 aromatic heterocycles. The Morgan fingerprint density at radius 3 is 2.89 bits per heavy atom. The Labute approximate surface area is 111 Å². The van der Waals surface area contributed by atoms with Gasteiger partial charge in [-0.15, -0.1) is 0 Å². The number of rotatable bonds is 4. The van der Waals surface area contributed by atoms with E-state index in [0.717, 1.165) is 5.69 Å². The topological polar surface area (TPSA) is 58.6 Å². The van der Waals surface area contributed by atoms with Gasteiger partial charge in [0.1, 0.15) is 6.10 Å². The number of hydrogen-bond donors (Lipinski definition) is 1. The summed E-state index contributed by atoms with van der Waals surface area (Å²) < 4.78 is 5.21. The van der Waals surface area contributed by atoms with Gasteiger partial charge in [0.2, 0.25) is 5.91 Å². The first-order valence-electron chi connectivity index (χ1n) is 6.14. The molecule has 1 fully saturated rings. The Balaban J connectivity index is 1.91. The Morgan fingerprint density at radius 1 is 1.47 bits per heavy atom. The van der Waals surface area contributed by atoms with E-state index < -0.39 is 0 Å². The summed E-state index contributed by atoms with van der Waals surface area (Å²) in [6.07, 6.45) is 2.40. The summed E-state index contributed by atoms with van der Waals surface area (Å²) in [4.78, 5) is 24.6. The van der Waals surface area contributed by atoms with Crippen molar-refractivity contribution in [1.82, 2.24) is 5.32 Å². The lowest BCUT2D eigenvalue weighted by atomic mass is 10.2. The van der Waals surface area contributed by atoms with E-state index in [1.165, 1.54) is 6.08 Å². The summed E-state index contributed by atoms with van der Waals surface area (Å²) in [6, 6.07) is 9.32. The lowest BCUT2D eigenvalue weighted by molar-refractivity contribution is -0.116.